The molecule has 1 aromatic heterocycles. The number of carbonyl (C=O) groups excluding carboxylic acids is 1. The van der Waals surface area contributed by atoms with Crippen molar-refractivity contribution in [2.24, 2.45) is 4.99 Å². The number of pyridine rings is 1. The van der Waals surface area contributed by atoms with Crippen molar-refractivity contribution in [1.82, 2.24) is 20.9 Å². The van der Waals surface area contributed by atoms with E-state index in [0.29, 0.717) is 18.3 Å². The molecule has 3 N–H and O–H groups in total. The van der Waals surface area contributed by atoms with Gasteiger partial charge in [-0.3, -0.25) is 9.78 Å². The minimum atomic E-state index is -0.0672. The van der Waals surface area contributed by atoms with Gasteiger partial charge in [-0.1, -0.05) is 18.2 Å². The van der Waals surface area contributed by atoms with Crippen LogP contribution < -0.4 is 20.7 Å². The molecule has 1 aliphatic rings. The van der Waals surface area contributed by atoms with E-state index in [1.54, 1.807) is 6.20 Å². The number of benzene rings is 1. The molecule has 3 rings (SSSR count). The van der Waals surface area contributed by atoms with Crippen LogP contribution >= 0.6 is 0 Å². The molecule has 1 aromatic carbocycles. The zero-order valence-electron chi connectivity index (χ0n) is 16.9. The van der Waals surface area contributed by atoms with Gasteiger partial charge in [-0.2, -0.15) is 0 Å². The molecule has 7 nitrogen and oxygen atoms in total. The van der Waals surface area contributed by atoms with E-state index in [-0.39, 0.29) is 12.5 Å². The van der Waals surface area contributed by atoms with Gasteiger partial charge in [0.2, 0.25) is 0 Å². The lowest BCUT2D eigenvalue weighted by molar-refractivity contribution is -0.123. The molecule has 0 spiro atoms. The molecule has 7 heteroatoms. The fraction of sp³-hybridized carbons (Fsp3) is 0.409. The van der Waals surface area contributed by atoms with Gasteiger partial charge in [0.15, 0.2) is 12.6 Å². The molecular formula is C22H29N5O2. The van der Waals surface area contributed by atoms with Crippen LogP contribution in [0.3, 0.4) is 0 Å². The molecule has 1 amide bonds. The lowest BCUT2D eigenvalue weighted by Crippen LogP contribution is -2.38. The second kappa shape index (κ2) is 11.0. The van der Waals surface area contributed by atoms with E-state index in [2.05, 4.69) is 25.9 Å². The third-order valence-corrected chi connectivity index (χ3v) is 4.37. The van der Waals surface area contributed by atoms with Gasteiger partial charge >= 0.3 is 0 Å². The number of aromatic nitrogens is 1. The summed E-state index contributed by atoms with van der Waals surface area (Å²) in [5.41, 5.74) is 2.07. The summed E-state index contributed by atoms with van der Waals surface area (Å²) < 4.78 is 5.61. The molecule has 0 bridgehead atoms. The van der Waals surface area contributed by atoms with E-state index in [1.807, 2.05) is 49.4 Å². The second-order valence-electron chi connectivity index (χ2n) is 6.97. The summed E-state index contributed by atoms with van der Waals surface area (Å²) in [5, 5.41) is 9.50. The summed E-state index contributed by atoms with van der Waals surface area (Å²) >= 11 is 0. The number of carbonyl (C=O) groups is 1. The number of hydrogen-bond acceptors (Lipinski definition) is 4. The van der Waals surface area contributed by atoms with Crippen molar-refractivity contribution >= 4 is 11.9 Å². The van der Waals surface area contributed by atoms with E-state index in [0.717, 1.165) is 49.6 Å². The first-order valence-corrected chi connectivity index (χ1v) is 10.2. The van der Waals surface area contributed by atoms with Gasteiger partial charge in [0, 0.05) is 37.4 Å². The molecule has 0 atom stereocenters. The Morgan fingerprint density at radius 3 is 2.86 bits per heavy atom. The number of aliphatic imine (C=N–C) groups is 1. The van der Waals surface area contributed by atoms with Crippen molar-refractivity contribution in [1.29, 1.82) is 0 Å². The molecule has 1 aliphatic carbocycles. The summed E-state index contributed by atoms with van der Waals surface area (Å²) in [5.74, 6) is 1.37. The SMILES string of the molecule is CCNC(=NCc1cccc(OCC(=O)NC2CC2)c1)NCCc1ccccn1. The maximum Gasteiger partial charge on any atom is 0.258 e. The minimum absolute atomic E-state index is 0.0426. The van der Waals surface area contributed by atoms with Crippen LogP contribution in [0.4, 0.5) is 0 Å². The predicted molar refractivity (Wildman–Crippen MR) is 114 cm³/mol. The molecule has 0 aliphatic heterocycles. The topological polar surface area (TPSA) is 87.6 Å². The van der Waals surface area contributed by atoms with Gasteiger partial charge in [-0.25, -0.2) is 4.99 Å². The number of guanidine groups is 1. The Morgan fingerprint density at radius 1 is 1.21 bits per heavy atom. The number of hydrogen-bond donors (Lipinski definition) is 3. The van der Waals surface area contributed by atoms with Crippen LogP contribution in [0, 0.1) is 0 Å². The van der Waals surface area contributed by atoms with Crippen molar-refractivity contribution in [2.75, 3.05) is 19.7 Å². The zero-order chi connectivity index (χ0) is 20.3. The third kappa shape index (κ3) is 7.81. The Bertz CT molecular complexity index is 806. The van der Waals surface area contributed by atoms with Crippen molar-refractivity contribution in [3.63, 3.8) is 0 Å². The lowest BCUT2D eigenvalue weighted by Gasteiger charge is -2.11. The number of rotatable bonds is 10. The smallest absolute Gasteiger partial charge is 0.258 e. The predicted octanol–water partition coefficient (Wildman–Crippen LogP) is 2.04. The summed E-state index contributed by atoms with van der Waals surface area (Å²) in [7, 11) is 0. The molecule has 1 fully saturated rings. The van der Waals surface area contributed by atoms with Gasteiger partial charge in [0.25, 0.3) is 5.91 Å². The third-order valence-electron chi connectivity index (χ3n) is 4.37. The van der Waals surface area contributed by atoms with E-state index >= 15 is 0 Å². The highest BCUT2D eigenvalue weighted by Crippen LogP contribution is 2.18. The van der Waals surface area contributed by atoms with E-state index in [4.69, 9.17) is 4.74 Å². The van der Waals surface area contributed by atoms with Crippen LogP contribution in [0.1, 0.15) is 31.0 Å². The first-order chi connectivity index (χ1) is 14.2. The molecule has 0 unspecified atom stereocenters. The fourth-order valence-corrected chi connectivity index (χ4v) is 2.75. The maximum absolute atomic E-state index is 11.8. The van der Waals surface area contributed by atoms with Crippen LogP contribution in [-0.4, -0.2) is 42.6 Å². The molecule has 0 radical (unpaired) electrons. The quantitative estimate of drug-likeness (QED) is 0.423. The Morgan fingerprint density at radius 2 is 2.10 bits per heavy atom. The highest BCUT2D eigenvalue weighted by molar-refractivity contribution is 5.79. The Labute approximate surface area is 172 Å². The van der Waals surface area contributed by atoms with Crippen molar-refractivity contribution in [2.45, 2.75) is 38.8 Å². The molecule has 1 saturated carbocycles. The summed E-state index contributed by atoms with van der Waals surface area (Å²) in [6, 6.07) is 14.0. The normalized spacial score (nSPS) is 13.6. The molecular weight excluding hydrogens is 366 g/mol. The van der Waals surface area contributed by atoms with Gasteiger partial charge in [-0.15, -0.1) is 0 Å². The molecule has 2 aromatic rings. The number of amides is 1. The van der Waals surface area contributed by atoms with Crippen molar-refractivity contribution < 1.29 is 9.53 Å². The van der Waals surface area contributed by atoms with Crippen molar-refractivity contribution in [3.05, 3.63) is 59.9 Å². The molecule has 0 saturated heterocycles. The summed E-state index contributed by atoms with van der Waals surface area (Å²) in [6.45, 7) is 4.14. The minimum Gasteiger partial charge on any atom is -0.484 e. The van der Waals surface area contributed by atoms with Gasteiger partial charge < -0.3 is 20.7 Å². The fourth-order valence-electron chi connectivity index (χ4n) is 2.75. The Kier molecular flexibility index (Phi) is 7.86. The van der Waals surface area contributed by atoms with E-state index < -0.39 is 0 Å². The van der Waals surface area contributed by atoms with Gasteiger partial charge in [-0.05, 0) is 49.6 Å². The summed E-state index contributed by atoms with van der Waals surface area (Å²) in [6.07, 6.45) is 4.78. The second-order valence-corrected chi connectivity index (χ2v) is 6.97. The largest absolute Gasteiger partial charge is 0.484 e. The average molecular weight is 396 g/mol. The lowest BCUT2D eigenvalue weighted by atomic mass is 10.2. The van der Waals surface area contributed by atoms with E-state index in [1.165, 1.54) is 0 Å². The standard InChI is InChI=1S/C22H29N5O2/c1-2-23-22(25-13-11-18-7-3-4-12-24-18)26-15-17-6-5-8-20(14-17)29-16-21(28)27-19-9-10-19/h3-8,12,14,19H,2,9-11,13,15-16H2,1H3,(H,27,28)(H2,23,25,26). The van der Waals surface area contributed by atoms with Crippen LogP contribution in [0.5, 0.6) is 5.75 Å². The Hall–Kier alpha value is -3.09. The Balaban J connectivity index is 1.47. The van der Waals surface area contributed by atoms with Crippen LogP contribution in [0.2, 0.25) is 0 Å². The molecule has 154 valence electrons. The molecule has 29 heavy (non-hydrogen) atoms. The number of nitrogens with zero attached hydrogens (tertiary/aromatic N) is 2. The highest BCUT2D eigenvalue weighted by Gasteiger charge is 2.23. The summed E-state index contributed by atoms with van der Waals surface area (Å²) in [4.78, 5) is 20.7. The van der Waals surface area contributed by atoms with Crippen LogP contribution in [-0.2, 0) is 17.8 Å². The first-order valence-electron chi connectivity index (χ1n) is 10.2. The van der Waals surface area contributed by atoms with Gasteiger partial charge in [0.05, 0.1) is 6.54 Å². The highest BCUT2D eigenvalue weighted by atomic mass is 16.5. The van der Waals surface area contributed by atoms with Crippen LogP contribution in [0.15, 0.2) is 53.7 Å². The van der Waals surface area contributed by atoms with Gasteiger partial charge in [0.1, 0.15) is 5.75 Å². The zero-order valence-corrected chi connectivity index (χ0v) is 16.9. The maximum atomic E-state index is 11.8. The first kappa shape index (κ1) is 20.6. The number of nitrogens with one attached hydrogen (secondary N) is 3. The number of ether oxygens (including phenoxy) is 1. The van der Waals surface area contributed by atoms with E-state index in [9.17, 15) is 4.79 Å². The van der Waals surface area contributed by atoms with Crippen molar-refractivity contribution in [3.8, 4) is 5.75 Å². The molecule has 1 heterocycles. The van der Waals surface area contributed by atoms with Crippen LogP contribution in [0.25, 0.3) is 0 Å². The average Bonchev–Trinajstić information content (AvgIpc) is 3.55. The monoisotopic (exact) mass is 395 g/mol.